The van der Waals surface area contributed by atoms with E-state index in [0.717, 1.165) is 21.5 Å². The van der Waals surface area contributed by atoms with E-state index in [9.17, 15) is 4.79 Å². The van der Waals surface area contributed by atoms with Crippen LogP contribution in [0.4, 0.5) is 5.82 Å². The van der Waals surface area contributed by atoms with E-state index in [0.29, 0.717) is 23.1 Å². The van der Waals surface area contributed by atoms with Gasteiger partial charge in [-0.1, -0.05) is 0 Å². The summed E-state index contributed by atoms with van der Waals surface area (Å²) < 4.78 is 15.7. The van der Waals surface area contributed by atoms with Crippen molar-refractivity contribution in [2.24, 2.45) is 0 Å². The van der Waals surface area contributed by atoms with Crippen molar-refractivity contribution in [1.82, 2.24) is 9.97 Å². The fourth-order valence-electron chi connectivity index (χ4n) is 2.65. The number of aryl methyl sites for hydroxylation is 2. The van der Waals surface area contributed by atoms with Gasteiger partial charge in [-0.2, -0.15) is 0 Å². The molecule has 0 saturated carbocycles. The number of ether oxygens (including phenoxy) is 2. The van der Waals surface area contributed by atoms with Crippen molar-refractivity contribution in [1.29, 1.82) is 0 Å². The molecule has 7 nitrogen and oxygen atoms in total. The van der Waals surface area contributed by atoms with Crippen LogP contribution in [0, 0.1) is 13.8 Å². The van der Waals surface area contributed by atoms with Crippen LogP contribution in [0.3, 0.4) is 0 Å². The van der Waals surface area contributed by atoms with Gasteiger partial charge in [0, 0.05) is 7.11 Å². The Balaban J connectivity index is 2.08. The van der Waals surface area contributed by atoms with Crippen LogP contribution in [0.25, 0.3) is 10.2 Å². The molecule has 0 fully saturated rings. The molecule has 132 valence electrons. The number of esters is 1. The standard InChI is InChI=1S/C17H19N3O4S/c1-9-13-15(20-11(8-22-3)12-6-5-7-24-12)18-10(2)19-16(13)25-14(9)17(21)23-4/h5-7,11H,8H2,1-4H3,(H,18,19,20). The van der Waals surface area contributed by atoms with Crippen molar-refractivity contribution in [3.05, 3.63) is 40.4 Å². The lowest BCUT2D eigenvalue weighted by Crippen LogP contribution is -2.17. The Hall–Kier alpha value is -2.45. The summed E-state index contributed by atoms with van der Waals surface area (Å²) in [6.45, 7) is 4.09. The van der Waals surface area contributed by atoms with Crippen LogP contribution in [0.1, 0.15) is 32.9 Å². The van der Waals surface area contributed by atoms with Crippen molar-refractivity contribution >= 4 is 33.3 Å². The fraction of sp³-hybridized carbons (Fsp3) is 0.353. The predicted octanol–water partition coefficient (Wildman–Crippen LogP) is 3.49. The minimum Gasteiger partial charge on any atom is -0.467 e. The van der Waals surface area contributed by atoms with Crippen molar-refractivity contribution in [3.8, 4) is 0 Å². The van der Waals surface area contributed by atoms with Gasteiger partial charge in [-0.05, 0) is 31.5 Å². The molecule has 3 aromatic rings. The number of rotatable bonds is 6. The van der Waals surface area contributed by atoms with E-state index in [2.05, 4.69) is 15.3 Å². The third-order valence-corrected chi connectivity index (χ3v) is 4.97. The van der Waals surface area contributed by atoms with E-state index in [1.165, 1.54) is 18.4 Å². The number of carbonyl (C=O) groups excluding carboxylic acids is 1. The van der Waals surface area contributed by atoms with Crippen LogP contribution < -0.4 is 5.32 Å². The van der Waals surface area contributed by atoms with E-state index < -0.39 is 0 Å². The van der Waals surface area contributed by atoms with Crippen LogP contribution >= 0.6 is 11.3 Å². The van der Waals surface area contributed by atoms with Gasteiger partial charge in [-0.3, -0.25) is 0 Å². The largest absolute Gasteiger partial charge is 0.467 e. The normalized spacial score (nSPS) is 12.3. The second-order valence-electron chi connectivity index (χ2n) is 5.52. The van der Waals surface area contributed by atoms with Gasteiger partial charge < -0.3 is 19.2 Å². The van der Waals surface area contributed by atoms with Crippen LogP contribution in [0.15, 0.2) is 22.8 Å². The lowest BCUT2D eigenvalue weighted by Gasteiger charge is -2.17. The Labute approximate surface area is 149 Å². The summed E-state index contributed by atoms with van der Waals surface area (Å²) in [5.41, 5.74) is 0.796. The maximum atomic E-state index is 12.0. The zero-order valence-electron chi connectivity index (χ0n) is 14.5. The summed E-state index contributed by atoms with van der Waals surface area (Å²) >= 11 is 1.30. The summed E-state index contributed by atoms with van der Waals surface area (Å²) in [5, 5.41) is 4.17. The number of fused-ring (bicyclic) bond motifs is 1. The van der Waals surface area contributed by atoms with Crippen molar-refractivity contribution in [2.45, 2.75) is 19.9 Å². The van der Waals surface area contributed by atoms with Gasteiger partial charge in [0.2, 0.25) is 0 Å². The molecule has 0 saturated heterocycles. The number of anilines is 1. The monoisotopic (exact) mass is 361 g/mol. The lowest BCUT2D eigenvalue weighted by molar-refractivity contribution is 0.0605. The summed E-state index contributed by atoms with van der Waals surface area (Å²) in [5.74, 6) is 1.63. The van der Waals surface area contributed by atoms with Gasteiger partial charge in [0.15, 0.2) is 0 Å². The molecule has 3 rings (SSSR count). The van der Waals surface area contributed by atoms with Gasteiger partial charge >= 0.3 is 5.97 Å². The first-order valence-corrected chi connectivity index (χ1v) is 8.51. The van der Waals surface area contributed by atoms with Crippen LogP contribution in [0.2, 0.25) is 0 Å². The number of hydrogen-bond donors (Lipinski definition) is 1. The van der Waals surface area contributed by atoms with E-state index in [1.54, 1.807) is 13.4 Å². The third-order valence-electron chi connectivity index (χ3n) is 3.80. The smallest absolute Gasteiger partial charge is 0.348 e. The number of hydrogen-bond acceptors (Lipinski definition) is 8. The third kappa shape index (κ3) is 3.35. The van der Waals surface area contributed by atoms with Gasteiger partial charge in [0.1, 0.15) is 33.2 Å². The first kappa shape index (κ1) is 17.4. The molecule has 0 aliphatic heterocycles. The maximum Gasteiger partial charge on any atom is 0.348 e. The minimum absolute atomic E-state index is 0.210. The number of thiophene rings is 1. The van der Waals surface area contributed by atoms with Crippen molar-refractivity contribution < 1.29 is 18.7 Å². The molecule has 1 unspecified atom stereocenters. The van der Waals surface area contributed by atoms with E-state index in [-0.39, 0.29) is 12.0 Å². The molecule has 25 heavy (non-hydrogen) atoms. The van der Waals surface area contributed by atoms with E-state index in [1.807, 2.05) is 26.0 Å². The number of nitrogens with one attached hydrogen (secondary N) is 1. The highest BCUT2D eigenvalue weighted by Crippen LogP contribution is 2.35. The number of carbonyl (C=O) groups is 1. The van der Waals surface area contributed by atoms with Crippen LogP contribution in [0.5, 0.6) is 0 Å². The fourth-order valence-corrected chi connectivity index (χ4v) is 3.80. The Morgan fingerprint density at radius 1 is 1.36 bits per heavy atom. The molecule has 0 spiro atoms. The number of nitrogens with zero attached hydrogens (tertiary/aromatic N) is 2. The Morgan fingerprint density at radius 2 is 2.16 bits per heavy atom. The van der Waals surface area contributed by atoms with E-state index >= 15 is 0 Å². The van der Waals surface area contributed by atoms with Gasteiger partial charge in [0.05, 0.1) is 25.4 Å². The number of furan rings is 1. The molecule has 1 N–H and O–H groups in total. The number of methoxy groups -OCH3 is 2. The minimum atomic E-state index is -0.372. The van der Waals surface area contributed by atoms with Crippen LogP contribution in [-0.4, -0.2) is 36.8 Å². The summed E-state index contributed by atoms with van der Waals surface area (Å²) in [7, 11) is 3.00. The molecule has 3 heterocycles. The molecule has 0 aliphatic carbocycles. The lowest BCUT2D eigenvalue weighted by atomic mass is 10.1. The quantitative estimate of drug-likeness (QED) is 0.673. The molecule has 8 heteroatoms. The second kappa shape index (κ2) is 7.20. The molecular weight excluding hydrogens is 342 g/mol. The molecule has 0 aliphatic rings. The number of aromatic nitrogens is 2. The summed E-state index contributed by atoms with van der Waals surface area (Å²) in [4.78, 5) is 22.2. The Bertz CT molecular complexity index is 889. The first-order valence-electron chi connectivity index (χ1n) is 7.70. The average molecular weight is 361 g/mol. The van der Waals surface area contributed by atoms with Gasteiger partial charge in [-0.25, -0.2) is 14.8 Å². The molecule has 1 atom stereocenters. The molecule has 0 radical (unpaired) electrons. The van der Waals surface area contributed by atoms with Crippen molar-refractivity contribution in [3.63, 3.8) is 0 Å². The molecule has 3 aromatic heterocycles. The molecular formula is C17H19N3O4S. The highest BCUT2D eigenvalue weighted by atomic mass is 32.1. The van der Waals surface area contributed by atoms with E-state index in [4.69, 9.17) is 13.9 Å². The molecule has 0 amide bonds. The summed E-state index contributed by atoms with van der Waals surface area (Å²) in [6.07, 6.45) is 1.62. The predicted molar refractivity (Wildman–Crippen MR) is 95.2 cm³/mol. The average Bonchev–Trinajstić information content (AvgIpc) is 3.22. The second-order valence-corrected chi connectivity index (χ2v) is 6.51. The highest BCUT2D eigenvalue weighted by molar-refractivity contribution is 7.20. The zero-order chi connectivity index (χ0) is 18.0. The van der Waals surface area contributed by atoms with Gasteiger partial charge in [-0.15, -0.1) is 11.3 Å². The Morgan fingerprint density at radius 3 is 2.80 bits per heavy atom. The SMILES string of the molecule is COCC(Nc1nc(C)nc2sc(C(=O)OC)c(C)c12)c1ccco1. The van der Waals surface area contributed by atoms with Crippen LogP contribution in [-0.2, 0) is 9.47 Å². The molecule has 0 bridgehead atoms. The topological polar surface area (TPSA) is 86.5 Å². The maximum absolute atomic E-state index is 12.0. The summed E-state index contributed by atoms with van der Waals surface area (Å²) in [6, 6.07) is 3.49. The molecule has 0 aromatic carbocycles. The zero-order valence-corrected chi connectivity index (χ0v) is 15.3. The first-order chi connectivity index (χ1) is 12.0. The highest BCUT2D eigenvalue weighted by Gasteiger charge is 2.23. The van der Waals surface area contributed by atoms with Crippen molar-refractivity contribution in [2.75, 3.05) is 26.1 Å². The Kier molecular flexibility index (Phi) is 5.00. The van der Waals surface area contributed by atoms with Gasteiger partial charge in [0.25, 0.3) is 0 Å².